The molecule has 0 N–H and O–H groups in total. The van der Waals surface area contributed by atoms with Crippen molar-refractivity contribution in [3.05, 3.63) is 46.6 Å². The van der Waals surface area contributed by atoms with Crippen LogP contribution >= 0.6 is 11.3 Å². The summed E-state index contributed by atoms with van der Waals surface area (Å²) in [5.74, 6) is 1.08. The number of aromatic nitrogens is 2. The first-order valence-electron chi connectivity index (χ1n) is 8.02. The molecule has 3 aromatic rings. The third kappa shape index (κ3) is 3.08. The molecular formula is C18H15F3N2OS. The second kappa shape index (κ2) is 5.98. The Morgan fingerprint density at radius 3 is 2.88 bits per heavy atom. The van der Waals surface area contributed by atoms with Crippen molar-refractivity contribution >= 4 is 21.6 Å². The number of rotatable bonds is 2. The molecule has 0 radical (unpaired) electrons. The van der Waals surface area contributed by atoms with E-state index in [1.807, 2.05) is 0 Å². The molecule has 2 heterocycles. The highest BCUT2D eigenvalue weighted by atomic mass is 32.1. The largest absolute Gasteiger partial charge is 0.438 e. The predicted molar refractivity (Wildman–Crippen MR) is 90.1 cm³/mol. The van der Waals surface area contributed by atoms with Gasteiger partial charge < -0.3 is 4.74 Å². The van der Waals surface area contributed by atoms with Gasteiger partial charge in [-0.15, -0.1) is 11.3 Å². The molecule has 0 spiro atoms. The van der Waals surface area contributed by atoms with Gasteiger partial charge in [-0.05, 0) is 48.9 Å². The summed E-state index contributed by atoms with van der Waals surface area (Å²) in [7, 11) is 0. The van der Waals surface area contributed by atoms with Crippen LogP contribution in [0.3, 0.4) is 0 Å². The number of thiophene rings is 1. The van der Waals surface area contributed by atoms with E-state index in [2.05, 4.69) is 16.9 Å². The van der Waals surface area contributed by atoms with Crippen molar-refractivity contribution in [3.8, 4) is 11.6 Å². The molecule has 7 heteroatoms. The van der Waals surface area contributed by atoms with Crippen LogP contribution in [0.25, 0.3) is 10.2 Å². The molecule has 25 heavy (non-hydrogen) atoms. The second-order valence-corrected chi connectivity index (χ2v) is 7.42. The molecule has 0 bridgehead atoms. The van der Waals surface area contributed by atoms with Gasteiger partial charge in [0.05, 0.1) is 10.9 Å². The third-order valence-corrected chi connectivity index (χ3v) is 5.60. The smallest absolute Gasteiger partial charge is 0.416 e. The van der Waals surface area contributed by atoms with Crippen LogP contribution in [0.15, 0.2) is 30.6 Å². The number of alkyl halides is 3. The van der Waals surface area contributed by atoms with E-state index < -0.39 is 11.7 Å². The fraction of sp³-hybridized carbons (Fsp3) is 0.333. The van der Waals surface area contributed by atoms with E-state index in [4.69, 9.17) is 4.74 Å². The standard InChI is InChI=1S/C18H15F3N2OS/c1-10-5-6-13-14(7-10)25-17-15(13)16(22-9-23-17)24-12-4-2-3-11(8-12)18(19,20)21/h2-4,8-10H,5-7H2,1H3/t10-/m1/s1. The fourth-order valence-electron chi connectivity index (χ4n) is 3.17. The molecule has 0 aliphatic heterocycles. The third-order valence-electron chi connectivity index (χ3n) is 4.43. The molecule has 3 nitrogen and oxygen atoms in total. The lowest BCUT2D eigenvalue weighted by atomic mass is 9.89. The van der Waals surface area contributed by atoms with E-state index in [9.17, 15) is 13.2 Å². The van der Waals surface area contributed by atoms with E-state index >= 15 is 0 Å². The summed E-state index contributed by atoms with van der Waals surface area (Å²) in [6, 6.07) is 4.86. The number of hydrogen-bond acceptors (Lipinski definition) is 4. The number of hydrogen-bond donors (Lipinski definition) is 0. The highest BCUT2D eigenvalue weighted by Gasteiger charge is 2.31. The van der Waals surface area contributed by atoms with E-state index in [-0.39, 0.29) is 5.75 Å². The van der Waals surface area contributed by atoms with Crippen LogP contribution in [0.5, 0.6) is 11.6 Å². The van der Waals surface area contributed by atoms with Gasteiger partial charge in [0, 0.05) is 4.88 Å². The first-order chi connectivity index (χ1) is 11.9. The molecule has 0 saturated carbocycles. The predicted octanol–water partition coefficient (Wildman–Crippen LogP) is 5.63. The minimum Gasteiger partial charge on any atom is -0.438 e. The molecule has 130 valence electrons. The van der Waals surface area contributed by atoms with Gasteiger partial charge in [-0.3, -0.25) is 0 Å². The van der Waals surface area contributed by atoms with E-state index in [1.54, 1.807) is 11.3 Å². The first kappa shape index (κ1) is 16.3. The van der Waals surface area contributed by atoms with Crippen molar-refractivity contribution in [1.29, 1.82) is 0 Å². The van der Waals surface area contributed by atoms with Crippen molar-refractivity contribution in [2.45, 2.75) is 32.4 Å². The summed E-state index contributed by atoms with van der Waals surface area (Å²) in [6.07, 6.45) is -0.00634. The number of nitrogens with zero attached hydrogens (tertiary/aromatic N) is 2. The zero-order chi connectivity index (χ0) is 17.6. The monoisotopic (exact) mass is 364 g/mol. The number of fused-ring (bicyclic) bond motifs is 3. The molecular weight excluding hydrogens is 349 g/mol. The Morgan fingerprint density at radius 2 is 2.08 bits per heavy atom. The summed E-state index contributed by atoms with van der Waals surface area (Å²) >= 11 is 1.62. The Hall–Kier alpha value is -2.15. The Bertz CT molecular complexity index is 936. The molecule has 2 aromatic heterocycles. The Balaban J connectivity index is 1.75. The van der Waals surface area contributed by atoms with Gasteiger partial charge >= 0.3 is 6.18 Å². The van der Waals surface area contributed by atoms with Gasteiger partial charge in [0.25, 0.3) is 0 Å². The molecule has 0 unspecified atom stereocenters. The summed E-state index contributed by atoms with van der Waals surface area (Å²) in [5.41, 5.74) is 0.442. The van der Waals surface area contributed by atoms with Crippen molar-refractivity contribution in [2.75, 3.05) is 0 Å². The highest BCUT2D eigenvalue weighted by Crippen LogP contribution is 2.41. The van der Waals surface area contributed by atoms with Crippen molar-refractivity contribution in [1.82, 2.24) is 9.97 Å². The Morgan fingerprint density at radius 1 is 1.24 bits per heavy atom. The van der Waals surface area contributed by atoms with Crippen molar-refractivity contribution < 1.29 is 17.9 Å². The van der Waals surface area contributed by atoms with Gasteiger partial charge in [0.1, 0.15) is 16.9 Å². The minimum atomic E-state index is -4.40. The Kier molecular flexibility index (Phi) is 3.91. The second-order valence-electron chi connectivity index (χ2n) is 6.34. The molecule has 1 aliphatic carbocycles. The minimum absolute atomic E-state index is 0.124. The maximum absolute atomic E-state index is 12.9. The molecule has 1 aliphatic rings. The first-order valence-corrected chi connectivity index (χ1v) is 8.84. The van der Waals surface area contributed by atoms with Crippen LogP contribution in [-0.4, -0.2) is 9.97 Å². The topological polar surface area (TPSA) is 35.0 Å². The van der Waals surface area contributed by atoms with Crippen LogP contribution in [0.2, 0.25) is 0 Å². The maximum Gasteiger partial charge on any atom is 0.416 e. The fourth-order valence-corrected chi connectivity index (χ4v) is 4.51. The molecule has 1 aromatic carbocycles. The van der Waals surface area contributed by atoms with E-state index in [1.165, 1.54) is 28.9 Å². The highest BCUT2D eigenvalue weighted by molar-refractivity contribution is 7.18. The number of ether oxygens (including phenoxy) is 1. The SMILES string of the molecule is C[C@@H]1CCc2c(sc3ncnc(Oc4cccc(C(F)(F)F)c4)c23)C1. The summed E-state index contributed by atoms with van der Waals surface area (Å²) < 4.78 is 44.4. The van der Waals surface area contributed by atoms with Crippen LogP contribution < -0.4 is 4.74 Å². The molecule has 1 atom stereocenters. The summed E-state index contributed by atoms with van der Waals surface area (Å²) in [4.78, 5) is 10.6. The molecule has 0 amide bonds. The zero-order valence-electron chi connectivity index (χ0n) is 13.4. The molecule has 0 saturated heterocycles. The Labute approximate surface area is 146 Å². The van der Waals surface area contributed by atoms with Gasteiger partial charge in [-0.25, -0.2) is 9.97 Å². The van der Waals surface area contributed by atoms with Crippen LogP contribution in [0.4, 0.5) is 13.2 Å². The van der Waals surface area contributed by atoms with Gasteiger partial charge in [0.15, 0.2) is 0 Å². The average molecular weight is 364 g/mol. The van der Waals surface area contributed by atoms with Crippen molar-refractivity contribution in [2.24, 2.45) is 5.92 Å². The van der Waals surface area contributed by atoms with E-state index in [0.29, 0.717) is 11.8 Å². The number of benzene rings is 1. The number of aryl methyl sites for hydroxylation is 1. The van der Waals surface area contributed by atoms with Crippen LogP contribution in [0, 0.1) is 5.92 Å². The molecule has 4 rings (SSSR count). The van der Waals surface area contributed by atoms with Crippen LogP contribution in [0.1, 0.15) is 29.3 Å². The normalized spacial score (nSPS) is 17.5. The summed E-state index contributed by atoms with van der Waals surface area (Å²) in [5, 5.41) is 0.840. The lowest BCUT2D eigenvalue weighted by Gasteiger charge is -2.18. The zero-order valence-corrected chi connectivity index (χ0v) is 14.2. The summed E-state index contributed by atoms with van der Waals surface area (Å²) in [6.45, 7) is 2.22. The van der Waals surface area contributed by atoms with Crippen LogP contribution in [-0.2, 0) is 19.0 Å². The lowest BCUT2D eigenvalue weighted by Crippen LogP contribution is -2.08. The number of halogens is 3. The van der Waals surface area contributed by atoms with Gasteiger partial charge in [-0.1, -0.05) is 13.0 Å². The van der Waals surface area contributed by atoms with Gasteiger partial charge in [0.2, 0.25) is 5.88 Å². The van der Waals surface area contributed by atoms with Crippen molar-refractivity contribution in [3.63, 3.8) is 0 Å². The average Bonchev–Trinajstić information content (AvgIpc) is 2.92. The molecule has 0 fully saturated rings. The maximum atomic E-state index is 12.9. The lowest BCUT2D eigenvalue weighted by molar-refractivity contribution is -0.137. The van der Waals surface area contributed by atoms with E-state index in [0.717, 1.165) is 41.6 Å². The quantitative estimate of drug-likeness (QED) is 0.591. The van der Waals surface area contributed by atoms with Gasteiger partial charge in [-0.2, -0.15) is 13.2 Å².